The normalized spacial score (nSPS) is 10.5. The third-order valence-corrected chi connectivity index (χ3v) is 2.40. The minimum Gasteiger partial charge on any atom is -0.435 e. The van der Waals surface area contributed by atoms with Gasteiger partial charge in [-0.25, -0.2) is 4.68 Å². The molecule has 0 aliphatic rings. The van der Waals surface area contributed by atoms with Crippen LogP contribution in [0.5, 0.6) is 5.75 Å². The van der Waals surface area contributed by atoms with Crippen LogP contribution in [0.3, 0.4) is 0 Å². The van der Waals surface area contributed by atoms with Crippen LogP contribution in [0, 0.1) is 0 Å². The van der Waals surface area contributed by atoms with Crippen LogP contribution in [0.15, 0.2) is 43.2 Å². The van der Waals surface area contributed by atoms with E-state index in [9.17, 15) is 8.78 Å². The SMILES string of the molecule is C=Cn1cc(CNc2cccc(OC(F)F)c2)cn1. The van der Waals surface area contributed by atoms with Gasteiger partial charge in [-0.3, -0.25) is 0 Å². The van der Waals surface area contributed by atoms with Crippen LogP contribution in [0.2, 0.25) is 0 Å². The van der Waals surface area contributed by atoms with Gasteiger partial charge in [-0.15, -0.1) is 0 Å². The zero-order chi connectivity index (χ0) is 13.7. The van der Waals surface area contributed by atoms with Crippen molar-refractivity contribution < 1.29 is 13.5 Å². The maximum Gasteiger partial charge on any atom is 0.387 e. The fourth-order valence-electron chi connectivity index (χ4n) is 1.55. The van der Waals surface area contributed by atoms with Crippen LogP contribution >= 0.6 is 0 Å². The van der Waals surface area contributed by atoms with Gasteiger partial charge in [0.2, 0.25) is 0 Å². The highest BCUT2D eigenvalue weighted by atomic mass is 19.3. The van der Waals surface area contributed by atoms with Gasteiger partial charge in [-0.1, -0.05) is 12.6 Å². The Morgan fingerprint density at radius 2 is 2.32 bits per heavy atom. The first-order chi connectivity index (χ1) is 9.17. The standard InChI is InChI=1S/C13H13F2N3O/c1-2-18-9-10(8-17-18)7-16-11-4-3-5-12(6-11)19-13(14)15/h2-6,8-9,13,16H,1,7H2. The van der Waals surface area contributed by atoms with Crippen LogP contribution in [0.4, 0.5) is 14.5 Å². The summed E-state index contributed by atoms with van der Waals surface area (Å²) in [5.41, 5.74) is 1.66. The molecule has 2 rings (SSSR count). The summed E-state index contributed by atoms with van der Waals surface area (Å²) in [5.74, 6) is 0.127. The first-order valence-corrected chi connectivity index (χ1v) is 5.61. The summed E-state index contributed by atoms with van der Waals surface area (Å²) < 4.78 is 30.1. The lowest BCUT2D eigenvalue weighted by molar-refractivity contribution is -0.0498. The fraction of sp³-hybridized carbons (Fsp3) is 0.154. The predicted octanol–water partition coefficient (Wildman–Crippen LogP) is 3.20. The molecule has 100 valence electrons. The van der Waals surface area contributed by atoms with Crippen molar-refractivity contribution in [1.82, 2.24) is 9.78 Å². The van der Waals surface area contributed by atoms with Crippen LogP contribution < -0.4 is 10.1 Å². The second-order valence-corrected chi connectivity index (χ2v) is 3.77. The molecule has 4 nitrogen and oxygen atoms in total. The molecule has 2 aromatic rings. The van der Waals surface area contributed by atoms with Crippen molar-refractivity contribution in [2.75, 3.05) is 5.32 Å². The molecule has 0 radical (unpaired) electrons. The number of ether oxygens (including phenoxy) is 1. The smallest absolute Gasteiger partial charge is 0.387 e. The Morgan fingerprint density at radius 1 is 1.47 bits per heavy atom. The van der Waals surface area contributed by atoms with Crippen LogP contribution in [0.25, 0.3) is 6.20 Å². The van der Waals surface area contributed by atoms with Gasteiger partial charge in [0.05, 0.1) is 6.20 Å². The Bertz CT molecular complexity index is 554. The van der Waals surface area contributed by atoms with E-state index < -0.39 is 6.61 Å². The van der Waals surface area contributed by atoms with E-state index in [1.165, 1.54) is 12.1 Å². The van der Waals surface area contributed by atoms with E-state index in [2.05, 4.69) is 21.7 Å². The Morgan fingerprint density at radius 3 is 3.00 bits per heavy atom. The molecule has 0 saturated carbocycles. The number of benzene rings is 1. The fourth-order valence-corrected chi connectivity index (χ4v) is 1.55. The van der Waals surface area contributed by atoms with Crippen molar-refractivity contribution in [2.24, 2.45) is 0 Å². The van der Waals surface area contributed by atoms with E-state index in [0.717, 1.165) is 5.56 Å². The van der Waals surface area contributed by atoms with Gasteiger partial charge < -0.3 is 10.1 Å². The van der Waals surface area contributed by atoms with Gasteiger partial charge in [0.1, 0.15) is 5.75 Å². The average molecular weight is 265 g/mol. The number of anilines is 1. The van der Waals surface area contributed by atoms with E-state index in [-0.39, 0.29) is 5.75 Å². The number of alkyl halides is 2. The van der Waals surface area contributed by atoms with E-state index in [0.29, 0.717) is 12.2 Å². The maximum atomic E-state index is 12.1. The van der Waals surface area contributed by atoms with Gasteiger partial charge in [-0.2, -0.15) is 13.9 Å². The summed E-state index contributed by atoms with van der Waals surface area (Å²) in [6.45, 7) is 1.31. The quantitative estimate of drug-likeness (QED) is 0.871. The molecule has 19 heavy (non-hydrogen) atoms. The van der Waals surface area contributed by atoms with Gasteiger partial charge in [0.25, 0.3) is 0 Å². The number of hydrogen-bond acceptors (Lipinski definition) is 3. The molecule has 0 atom stereocenters. The molecule has 0 fully saturated rings. The first-order valence-electron chi connectivity index (χ1n) is 5.61. The van der Waals surface area contributed by atoms with E-state index >= 15 is 0 Å². The van der Waals surface area contributed by atoms with Gasteiger partial charge in [-0.05, 0) is 12.1 Å². The summed E-state index contributed by atoms with van der Waals surface area (Å²) in [4.78, 5) is 0. The van der Waals surface area contributed by atoms with E-state index in [1.807, 2.05) is 6.20 Å². The summed E-state index contributed by atoms with van der Waals surface area (Å²) in [7, 11) is 0. The summed E-state index contributed by atoms with van der Waals surface area (Å²) in [6, 6.07) is 6.42. The highest BCUT2D eigenvalue weighted by Gasteiger charge is 2.04. The van der Waals surface area contributed by atoms with E-state index in [4.69, 9.17) is 0 Å². The molecule has 0 aliphatic heterocycles. The summed E-state index contributed by atoms with van der Waals surface area (Å²) >= 11 is 0. The first kappa shape index (κ1) is 13.1. The molecule has 1 N–H and O–H groups in total. The molecule has 1 heterocycles. The Balaban J connectivity index is 1.97. The molecule has 1 aromatic heterocycles. The molecule has 0 unspecified atom stereocenters. The third kappa shape index (κ3) is 3.80. The number of nitrogens with zero attached hydrogens (tertiary/aromatic N) is 2. The number of nitrogens with one attached hydrogen (secondary N) is 1. The van der Waals surface area contributed by atoms with Crippen molar-refractivity contribution in [3.63, 3.8) is 0 Å². The maximum absolute atomic E-state index is 12.1. The van der Waals surface area contributed by atoms with Gasteiger partial charge in [0, 0.05) is 36.3 Å². The van der Waals surface area contributed by atoms with Crippen molar-refractivity contribution in [3.05, 3.63) is 48.8 Å². The Hall–Kier alpha value is -2.37. The summed E-state index contributed by atoms with van der Waals surface area (Å²) in [5, 5.41) is 7.14. The number of aromatic nitrogens is 2. The Labute approximate surface area is 109 Å². The van der Waals surface area contributed by atoms with Crippen LogP contribution in [0.1, 0.15) is 5.56 Å². The minimum atomic E-state index is -2.82. The topological polar surface area (TPSA) is 39.1 Å². The lowest BCUT2D eigenvalue weighted by atomic mass is 10.3. The lowest BCUT2D eigenvalue weighted by Crippen LogP contribution is -2.03. The number of rotatable bonds is 6. The monoisotopic (exact) mass is 265 g/mol. The summed E-state index contributed by atoms with van der Waals surface area (Å²) in [6.07, 6.45) is 5.11. The highest BCUT2D eigenvalue weighted by Crippen LogP contribution is 2.19. The lowest BCUT2D eigenvalue weighted by Gasteiger charge is -2.08. The zero-order valence-electron chi connectivity index (χ0n) is 10.1. The zero-order valence-corrected chi connectivity index (χ0v) is 10.1. The molecule has 1 aromatic carbocycles. The van der Waals surface area contributed by atoms with Crippen molar-refractivity contribution in [3.8, 4) is 5.75 Å². The Kier molecular flexibility index (Phi) is 4.12. The predicted molar refractivity (Wildman–Crippen MR) is 69.0 cm³/mol. The molecule has 0 saturated heterocycles. The number of halogens is 2. The highest BCUT2D eigenvalue weighted by molar-refractivity contribution is 5.48. The van der Waals surface area contributed by atoms with Crippen LogP contribution in [-0.4, -0.2) is 16.4 Å². The number of hydrogen-bond donors (Lipinski definition) is 1. The molecule has 0 bridgehead atoms. The van der Waals surface area contributed by atoms with E-state index in [1.54, 1.807) is 29.2 Å². The molecule has 0 spiro atoms. The second kappa shape index (κ2) is 5.99. The minimum absolute atomic E-state index is 0.127. The second-order valence-electron chi connectivity index (χ2n) is 3.77. The average Bonchev–Trinajstić information content (AvgIpc) is 2.84. The molecule has 0 amide bonds. The molecular weight excluding hydrogens is 252 g/mol. The van der Waals surface area contributed by atoms with Crippen molar-refractivity contribution in [2.45, 2.75) is 13.2 Å². The largest absolute Gasteiger partial charge is 0.435 e. The van der Waals surface area contributed by atoms with Crippen molar-refractivity contribution >= 4 is 11.9 Å². The molecular formula is C13H13F2N3O. The van der Waals surface area contributed by atoms with Crippen LogP contribution in [-0.2, 0) is 6.54 Å². The molecule has 0 aliphatic carbocycles. The van der Waals surface area contributed by atoms with Gasteiger partial charge in [0.15, 0.2) is 0 Å². The van der Waals surface area contributed by atoms with Gasteiger partial charge >= 0.3 is 6.61 Å². The van der Waals surface area contributed by atoms with Crippen molar-refractivity contribution in [1.29, 1.82) is 0 Å². The third-order valence-electron chi connectivity index (χ3n) is 2.40. The molecule has 6 heteroatoms.